The van der Waals surface area contributed by atoms with Gasteiger partial charge in [-0.3, -0.25) is 10.4 Å². The Morgan fingerprint density at radius 2 is 1.90 bits per heavy atom. The van der Waals surface area contributed by atoms with Gasteiger partial charge in [-0.2, -0.15) is 5.53 Å². The first-order chi connectivity index (χ1) is 14.6. The molecule has 2 heterocycles. The van der Waals surface area contributed by atoms with Crippen LogP contribution in [0.4, 0.5) is 0 Å². The summed E-state index contributed by atoms with van der Waals surface area (Å²) in [7, 11) is 5.26. The van der Waals surface area contributed by atoms with Gasteiger partial charge in [-0.1, -0.05) is 30.3 Å². The molecule has 30 heavy (non-hydrogen) atoms. The quantitative estimate of drug-likeness (QED) is 0.347. The average molecular weight is 408 g/mol. The maximum absolute atomic E-state index is 8.35. The van der Waals surface area contributed by atoms with Crippen LogP contribution in [0.3, 0.4) is 0 Å². The van der Waals surface area contributed by atoms with Crippen LogP contribution in [-0.2, 0) is 0 Å². The van der Waals surface area contributed by atoms with E-state index in [2.05, 4.69) is 34.5 Å². The second kappa shape index (κ2) is 8.47. The lowest BCUT2D eigenvalue weighted by Gasteiger charge is -2.40. The summed E-state index contributed by atoms with van der Waals surface area (Å²) in [5, 5.41) is 13.4. The van der Waals surface area contributed by atoms with Crippen LogP contribution in [0.5, 0.6) is 11.5 Å². The number of rotatable bonds is 5. The molecule has 7 nitrogen and oxygen atoms in total. The normalized spacial score (nSPS) is 17.0. The Hall–Kier alpha value is -2.87. The number of nitrogens with zero attached hydrogens (tertiary/aromatic N) is 1. The molecule has 2 aliphatic rings. The number of hydrazine groups is 2. The Bertz CT molecular complexity index is 949. The van der Waals surface area contributed by atoms with Crippen molar-refractivity contribution in [2.45, 2.75) is 18.4 Å². The number of methoxy groups -OCH3 is 1. The van der Waals surface area contributed by atoms with E-state index in [4.69, 9.17) is 14.9 Å². The van der Waals surface area contributed by atoms with Crippen LogP contribution >= 0.6 is 0 Å². The summed E-state index contributed by atoms with van der Waals surface area (Å²) in [6.45, 7) is 1.87. The number of hydrogen-bond acceptors (Lipinski definition) is 6. The standard InChI is InChI=1S/C23H29N5O2/c1-25-27-28(2)22(24)17-9-7-16(8-10-17)18-15-23(11-13-26-14-12-23)30-20-6-4-5-19(29-3)21(18)20/h4-10,15,24-27H,11-14H2,1-3H3. The monoisotopic (exact) mass is 407 g/mol. The van der Waals surface area contributed by atoms with Gasteiger partial charge in [-0.15, -0.1) is 0 Å². The van der Waals surface area contributed by atoms with E-state index in [9.17, 15) is 0 Å². The first kappa shape index (κ1) is 20.4. The van der Waals surface area contributed by atoms with Crippen molar-refractivity contribution in [1.29, 1.82) is 5.41 Å². The number of nitrogens with one attached hydrogen (secondary N) is 4. The summed E-state index contributed by atoms with van der Waals surface area (Å²) in [5.74, 6) is 2.05. The summed E-state index contributed by atoms with van der Waals surface area (Å²) < 4.78 is 12.2. The molecule has 1 saturated heterocycles. The molecule has 0 bridgehead atoms. The van der Waals surface area contributed by atoms with Crippen LogP contribution in [0.2, 0.25) is 0 Å². The second-order valence-corrected chi connectivity index (χ2v) is 7.66. The third-order valence-corrected chi connectivity index (χ3v) is 5.73. The number of hydrogen-bond donors (Lipinski definition) is 4. The summed E-state index contributed by atoms with van der Waals surface area (Å²) >= 11 is 0. The smallest absolute Gasteiger partial charge is 0.143 e. The first-order valence-electron chi connectivity index (χ1n) is 10.2. The van der Waals surface area contributed by atoms with Crippen LogP contribution in [0.1, 0.15) is 29.5 Å². The van der Waals surface area contributed by atoms with E-state index in [1.54, 1.807) is 26.2 Å². The maximum atomic E-state index is 8.35. The summed E-state index contributed by atoms with van der Waals surface area (Å²) in [6.07, 6.45) is 4.13. The maximum Gasteiger partial charge on any atom is 0.143 e. The molecule has 4 N–H and O–H groups in total. The van der Waals surface area contributed by atoms with Crippen LogP contribution in [0.15, 0.2) is 48.5 Å². The molecule has 1 fully saturated rings. The molecule has 4 rings (SSSR count). The van der Waals surface area contributed by atoms with Crippen molar-refractivity contribution in [2.24, 2.45) is 0 Å². The Kier molecular flexibility index (Phi) is 5.76. The van der Waals surface area contributed by atoms with E-state index in [1.807, 2.05) is 30.3 Å². The summed E-state index contributed by atoms with van der Waals surface area (Å²) in [6, 6.07) is 14.1. The van der Waals surface area contributed by atoms with Crippen LogP contribution in [-0.4, -0.2) is 50.7 Å². The Labute approximate surface area is 177 Å². The molecule has 0 atom stereocenters. The number of amidine groups is 1. The highest BCUT2D eigenvalue weighted by molar-refractivity contribution is 5.96. The highest BCUT2D eigenvalue weighted by Gasteiger charge is 2.38. The molecule has 1 spiro atoms. The molecule has 0 amide bonds. The average Bonchev–Trinajstić information content (AvgIpc) is 2.78. The van der Waals surface area contributed by atoms with Crippen molar-refractivity contribution in [2.75, 3.05) is 34.3 Å². The third-order valence-electron chi connectivity index (χ3n) is 5.73. The Morgan fingerprint density at radius 3 is 2.57 bits per heavy atom. The Balaban J connectivity index is 1.75. The van der Waals surface area contributed by atoms with Crippen LogP contribution in [0, 0.1) is 5.41 Å². The zero-order valence-corrected chi connectivity index (χ0v) is 17.7. The molecule has 0 aromatic heterocycles. The minimum absolute atomic E-state index is 0.303. The number of benzene rings is 2. The highest BCUT2D eigenvalue weighted by atomic mass is 16.5. The predicted octanol–water partition coefficient (Wildman–Crippen LogP) is 2.54. The third kappa shape index (κ3) is 3.79. The number of fused-ring (bicyclic) bond motifs is 1. The van der Waals surface area contributed by atoms with Crippen molar-refractivity contribution in [3.8, 4) is 11.5 Å². The van der Waals surface area contributed by atoms with E-state index >= 15 is 0 Å². The van der Waals surface area contributed by atoms with Gasteiger partial charge < -0.3 is 14.8 Å². The van der Waals surface area contributed by atoms with Crippen molar-refractivity contribution < 1.29 is 9.47 Å². The molecule has 0 radical (unpaired) electrons. The molecule has 2 aliphatic heterocycles. The molecule has 2 aromatic rings. The molecule has 0 saturated carbocycles. The van der Waals surface area contributed by atoms with Gasteiger partial charge in [0.05, 0.1) is 12.7 Å². The Morgan fingerprint density at radius 1 is 1.17 bits per heavy atom. The SMILES string of the molecule is CNNN(C)C(=N)c1ccc(C2=CC3(CCNCC3)Oc3cccc(OC)c32)cc1. The van der Waals surface area contributed by atoms with E-state index in [-0.39, 0.29) is 5.60 Å². The molecule has 7 heteroatoms. The molecule has 2 aromatic carbocycles. The summed E-state index contributed by atoms with van der Waals surface area (Å²) in [4.78, 5) is 0. The van der Waals surface area contributed by atoms with Gasteiger partial charge in [0.2, 0.25) is 0 Å². The van der Waals surface area contributed by atoms with Gasteiger partial charge in [0.15, 0.2) is 0 Å². The predicted molar refractivity (Wildman–Crippen MR) is 119 cm³/mol. The molecular weight excluding hydrogens is 378 g/mol. The molecule has 158 valence electrons. The zero-order chi connectivity index (χ0) is 21.1. The zero-order valence-electron chi connectivity index (χ0n) is 17.7. The van der Waals surface area contributed by atoms with Gasteiger partial charge in [0, 0.05) is 32.5 Å². The van der Waals surface area contributed by atoms with Crippen molar-refractivity contribution >= 4 is 11.4 Å². The van der Waals surface area contributed by atoms with E-state index in [0.717, 1.165) is 59.7 Å². The lowest BCUT2D eigenvalue weighted by Crippen LogP contribution is -2.46. The minimum atomic E-state index is -0.303. The fraction of sp³-hybridized carbons (Fsp3) is 0.348. The van der Waals surface area contributed by atoms with Crippen molar-refractivity contribution in [3.63, 3.8) is 0 Å². The lowest BCUT2D eigenvalue weighted by atomic mass is 9.83. The fourth-order valence-corrected chi connectivity index (χ4v) is 4.16. The largest absolute Gasteiger partial charge is 0.496 e. The van der Waals surface area contributed by atoms with Crippen molar-refractivity contribution in [1.82, 2.24) is 21.3 Å². The topological polar surface area (TPSA) is 81.6 Å². The lowest BCUT2D eigenvalue weighted by molar-refractivity contribution is 0.0813. The van der Waals surface area contributed by atoms with Gasteiger partial charge in [-0.25, -0.2) is 5.43 Å². The van der Waals surface area contributed by atoms with Gasteiger partial charge >= 0.3 is 0 Å². The van der Waals surface area contributed by atoms with E-state index in [0.29, 0.717) is 5.84 Å². The molecular formula is C23H29N5O2. The van der Waals surface area contributed by atoms with E-state index < -0.39 is 0 Å². The van der Waals surface area contributed by atoms with Crippen LogP contribution < -0.4 is 25.8 Å². The number of piperidine rings is 1. The van der Waals surface area contributed by atoms with Gasteiger partial charge in [0.25, 0.3) is 0 Å². The highest BCUT2D eigenvalue weighted by Crippen LogP contribution is 2.46. The fourth-order valence-electron chi connectivity index (χ4n) is 4.16. The minimum Gasteiger partial charge on any atom is -0.496 e. The first-order valence-corrected chi connectivity index (χ1v) is 10.2. The summed E-state index contributed by atoms with van der Waals surface area (Å²) in [5.41, 5.74) is 9.45. The van der Waals surface area contributed by atoms with Gasteiger partial charge in [-0.05, 0) is 42.4 Å². The van der Waals surface area contributed by atoms with Crippen molar-refractivity contribution in [3.05, 3.63) is 65.2 Å². The molecule has 0 unspecified atom stereocenters. The second-order valence-electron chi connectivity index (χ2n) is 7.66. The van der Waals surface area contributed by atoms with Crippen LogP contribution in [0.25, 0.3) is 5.57 Å². The van der Waals surface area contributed by atoms with E-state index in [1.165, 1.54) is 0 Å². The van der Waals surface area contributed by atoms with Gasteiger partial charge in [0.1, 0.15) is 22.9 Å². The number of ether oxygens (including phenoxy) is 2. The molecule has 0 aliphatic carbocycles.